The predicted molar refractivity (Wildman–Crippen MR) is 103 cm³/mol. The zero-order valence-corrected chi connectivity index (χ0v) is 15.5. The number of halogens is 2. The van der Waals surface area contributed by atoms with Gasteiger partial charge in [-0.25, -0.2) is 13.8 Å². The first-order valence-electron chi connectivity index (χ1n) is 8.62. The van der Waals surface area contributed by atoms with Gasteiger partial charge < -0.3 is 20.1 Å². The number of anilines is 3. The predicted octanol–water partition coefficient (Wildman–Crippen LogP) is 4.31. The molecule has 3 rings (SSSR count). The molecule has 0 aliphatic heterocycles. The Balaban J connectivity index is 1.56. The number of hydrogen-bond donors (Lipinski definition) is 2. The number of methoxy groups -OCH3 is 1. The summed E-state index contributed by atoms with van der Waals surface area (Å²) in [6.07, 6.45) is 0. The second-order valence-electron chi connectivity index (χ2n) is 5.92. The number of aryl methyl sites for hydroxylation is 1. The van der Waals surface area contributed by atoms with E-state index in [9.17, 15) is 8.78 Å². The first-order chi connectivity index (χ1) is 13.5. The van der Waals surface area contributed by atoms with Crippen LogP contribution >= 0.6 is 0 Å². The van der Waals surface area contributed by atoms with E-state index in [1.807, 2.05) is 24.3 Å². The molecule has 1 aromatic heterocycles. The standard InChI is InChI=1S/C20H20F2N4O2/c1-13-11-19(23-9-10-28-16-6-4-15(27-2)5-7-16)26-20(24-13)25-18-8-3-14(21)12-17(18)22/h3-8,11-12H,9-10H2,1-2H3,(H2,23,24,25,26). The summed E-state index contributed by atoms with van der Waals surface area (Å²) in [6.45, 7) is 2.73. The van der Waals surface area contributed by atoms with E-state index >= 15 is 0 Å². The van der Waals surface area contributed by atoms with E-state index in [1.165, 1.54) is 6.07 Å². The van der Waals surface area contributed by atoms with Gasteiger partial charge in [-0.15, -0.1) is 0 Å². The van der Waals surface area contributed by atoms with Crippen molar-refractivity contribution in [2.75, 3.05) is 30.9 Å². The van der Waals surface area contributed by atoms with Crippen LogP contribution in [0.15, 0.2) is 48.5 Å². The number of aromatic nitrogens is 2. The van der Waals surface area contributed by atoms with Gasteiger partial charge in [-0.1, -0.05) is 0 Å². The Morgan fingerprint density at radius 3 is 2.43 bits per heavy atom. The maximum Gasteiger partial charge on any atom is 0.229 e. The van der Waals surface area contributed by atoms with Gasteiger partial charge in [0.1, 0.15) is 35.6 Å². The molecule has 0 fully saturated rings. The number of hydrogen-bond acceptors (Lipinski definition) is 6. The molecular weight excluding hydrogens is 366 g/mol. The van der Waals surface area contributed by atoms with E-state index in [2.05, 4.69) is 20.6 Å². The van der Waals surface area contributed by atoms with Crippen molar-refractivity contribution in [3.63, 3.8) is 0 Å². The molecule has 0 aliphatic carbocycles. The lowest BCUT2D eigenvalue weighted by Gasteiger charge is -2.11. The quantitative estimate of drug-likeness (QED) is 0.563. The van der Waals surface area contributed by atoms with Crippen LogP contribution in [0.1, 0.15) is 5.69 Å². The minimum atomic E-state index is -0.715. The lowest BCUT2D eigenvalue weighted by atomic mass is 10.3. The summed E-state index contributed by atoms with van der Waals surface area (Å²) in [7, 11) is 1.61. The number of nitrogens with zero attached hydrogens (tertiary/aromatic N) is 2. The van der Waals surface area contributed by atoms with E-state index in [0.717, 1.165) is 23.6 Å². The Kier molecular flexibility index (Phi) is 6.21. The smallest absolute Gasteiger partial charge is 0.229 e. The van der Waals surface area contributed by atoms with Gasteiger partial charge in [0.05, 0.1) is 19.3 Å². The highest BCUT2D eigenvalue weighted by molar-refractivity contribution is 5.56. The third-order valence-corrected chi connectivity index (χ3v) is 3.77. The van der Waals surface area contributed by atoms with Crippen LogP contribution in [0.2, 0.25) is 0 Å². The first-order valence-corrected chi connectivity index (χ1v) is 8.62. The Bertz CT molecular complexity index is 936. The van der Waals surface area contributed by atoms with Crippen LogP contribution in [-0.2, 0) is 0 Å². The molecule has 0 unspecified atom stereocenters. The molecule has 1 heterocycles. The fourth-order valence-corrected chi connectivity index (χ4v) is 2.45. The first kappa shape index (κ1) is 19.3. The molecule has 6 nitrogen and oxygen atoms in total. The van der Waals surface area contributed by atoms with Crippen LogP contribution < -0.4 is 20.1 Å². The van der Waals surface area contributed by atoms with Gasteiger partial charge in [0.15, 0.2) is 0 Å². The van der Waals surface area contributed by atoms with Crippen molar-refractivity contribution in [1.82, 2.24) is 9.97 Å². The van der Waals surface area contributed by atoms with Crippen LogP contribution in [-0.4, -0.2) is 30.2 Å². The zero-order chi connectivity index (χ0) is 19.9. The van der Waals surface area contributed by atoms with Gasteiger partial charge in [-0.05, 0) is 43.3 Å². The van der Waals surface area contributed by atoms with E-state index in [1.54, 1.807) is 20.1 Å². The lowest BCUT2D eigenvalue weighted by Crippen LogP contribution is -2.13. The molecule has 2 aromatic carbocycles. The molecule has 0 spiro atoms. The summed E-state index contributed by atoms with van der Waals surface area (Å²) in [6, 6.07) is 12.3. The Morgan fingerprint density at radius 1 is 0.964 bits per heavy atom. The normalized spacial score (nSPS) is 10.4. The second-order valence-corrected chi connectivity index (χ2v) is 5.92. The van der Waals surface area contributed by atoms with Crippen molar-refractivity contribution in [3.8, 4) is 11.5 Å². The van der Waals surface area contributed by atoms with Gasteiger partial charge in [0, 0.05) is 17.8 Å². The average molecular weight is 386 g/mol. The fourth-order valence-electron chi connectivity index (χ4n) is 2.45. The van der Waals surface area contributed by atoms with E-state index in [-0.39, 0.29) is 11.6 Å². The van der Waals surface area contributed by atoms with Gasteiger partial charge >= 0.3 is 0 Å². The van der Waals surface area contributed by atoms with Crippen LogP contribution in [0, 0.1) is 18.6 Å². The molecule has 0 bridgehead atoms. The van der Waals surface area contributed by atoms with Crippen LogP contribution in [0.3, 0.4) is 0 Å². The van der Waals surface area contributed by atoms with E-state index in [0.29, 0.717) is 24.7 Å². The highest BCUT2D eigenvalue weighted by Gasteiger charge is 2.07. The SMILES string of the molecule is COc1ccc(OCCNc2cc(C)nc(Nc3ccc(F)cc3F)n2)cc1. The van der Waals surface area contributed by atoms with Gasteiger partial charge in [-0.2, -0.15) is 4.98 Å². The Hall–Kier alpha value is -3.42. The number of benzene rings is 2. The summed E-state index contributed by atoms with van der Waals surface area (Å²) in [5.74, 6) is 0.912. The average Bonchev–Trinajstić information content (AvgIpc) is 2.67. The maximum absolute atomic E-state index is 13.8. The van der Waals surface area contributed by atoms with Crippen LogP contribution in [0.4, 0.5) is 26.2 Å². The maximum atomic E-state index is 13.8. The van der Waals surface area contributed by atoms with Crippen molar-refractivity contribution in [3.05, 3.63) is 65.9 Å². The number of rotatable bonds is 8. The second kappa shape index (κ2) is 8.98. The molecule has 3 aromatic rings. The molecule has 146 valence electrons. The zero-order valence-electron chi connectivity index (χ0n) is 15.5. The molecule has 2 N–H and O–H groups in total. The molecule has 28 heavy (non-hydrogen) atoms. The Labute approximate surface area is 161 Å². The van der Waals surface area contributed by atoms with Crippen molar-refractivity contribution >= 4 is 17.5 Å². The monoisotopic (exact) mass is 386 g/mol. The highest BCUT2D eigenvalue weighted by Crippen LogP contribution is 2.20. The third-order valence-electron chi connectivity index (χ3n) is 3.77. The van der Waals surface area contributed by atoms with Crippen molar-refractivity contribution in [2.45, 2.75) is 6.92 Å². The summed E-state index contributed by atoms with van der Waals surface area (Å²) >= 11 is 0. The van der Waals surface area contributed by atoms with Crippen LogP contribution in [0.25, 0.3) is 0 Å². The summed E-state index contributed by atoms with van der Waals surface area (Å²) < 4.78 is 37.6. The van der Waals surface area contributed by atoms with Gasteiger partial charge in [0.2, 0.25) is 5.95 Å². The minimum absolute atomic E-state index is 0.0980. The third kappa shape index (κ3) is 5.29. The summed E-state index contributed by atoms with van der Waals surface area (Å²) in [4.78, 5) is 8.51. The molecule has 8 heteroatoms. The fraction of sp³-hybridized carbons (Fsp3) is 0.200. The highest BCUT2D eigenvalue weighted by atomic mass is 19.1. The molecule has 0 saturated carbocycles. The van der Waals surface area contributed by atoms with Gasteiger partial charge in [0.25, 0.3) is 0 Å². The molecule has 0 saturated heterocycles. The van der Waals surface area contributed by atoms with Crippen molar-refractivity contribution < 1.29 is 18.3 Å². The van der Waals surface area contributed by atoms with Crippen LogP contribution in [0.5, 0.6) is 11.5 Å². The molecule has 0 amide bonds. The summed E-state index contributed by atoms with van der Waals surface area (Å²) in [5.41, 5.74) is 0.791. The van der Waals surface area contributed by atoms with Crippen molar-refractivity contribution in [1.29, 1.82) is 0 Å². The van der Waals surface area contributed by atoms with Crippen molar-refractivity contribution in [2.24, 2.45) is 0 Å². The summed E-state index contributed by atoms with van der Waals surface area (Å²) in [5, 5.41) is 5.89. The largest absolute Gasteiger partial charge is 0.497 e. The number of ether oxygens (including phenoxy) is 2. The van der Waals surface area contributed by atoms with E-state index < -0.39 is 11.6 Å². The molecule has 0 aliphatic rings. The van der Waals surface area contributed by atoms with E-state index in [4.69, 9.17) is 9.47 Å². The van der Waals surface area contributed by atoms with Gasteiger partial charge in [-0.3, -0.25) is 0 Å². The Morgan fingerprint density at radius 2 is 1.71 bits per heavy atom. The molecule has 0 radical (unpaired) electrons. The lowest BCUT2D eigenvalue weighted by molar-refractivity contribution is 0.331. The number of nitrogens with one attached hydrogen (secondary N) is 2. The topological polar surface area (TPSA) is 68.3 Å². The molecule has 0 atom stereocenters. The minimum Gasteiger partial charge on any atom is -0.497 e. The molecular formula is C20H20F2N4O2.